The van der Waals surface area contributed by atoms with Crippen molar-refractivity contribution >= 4 is 23.2 Å². The standard InChI is InChI=1S/C24H25N3O5S/c1-15-21(33-22(25-15)16-8-9-19(31-2)20(14-16)32-3)24(30)27-12-10-26(11-13-27)23(29)17-6-4-5-7-18(17)28/h4-9,14,28H,10-13H2,1-3H3. The van der Waals surface area contributed by atoms with E-state index in [1.165, 1.54) is 17.4 Å². The summed E-state index contributed by atoms with van der Waals surface area (Å²) in [6.07, 6.45) is 0. The Morgan fingerprint density at radius 1 is 0.939 bits per heavy atom. The molecule has 0 atom stereocenters. The van der Waals surface area contributed by atoms with Crippen LogP contribution in [0.15, 0.2) is 42.5 Å². The molecule has 0 radical (unpaired) electrons. The number of aromatic hydroxyl groups is 1. The molecule has 0 unspecified atom stereocenters. The van der Waals surface area contributed by atoms with Crippen LogP contribution in [0.3, 0.4) is 0 Å². The predicted molar refractivity (Wildman–Crippen MR) is 125 cm³/mol. The molecule has 3 aromatic rings. The number of aryl methyl sites for hydroxylation is 1. The van der Waals surface area contributed by atoms with Crippen LogP contribution in [0, 0.1) is 6.92 Å². The van der Waals surface area contributed by atoms with Crippen LogP contribution in [0.4, 0.5) is 0 Å². The van der Waals surface area contributed by atoms with Gasteiger partial charge in [0, 0.05) is 31.7 Å². The summed E-state index contributed by atoms with van der Waals surface area (Å²) in [4.78, 5) is 34.5. The number of hydrogen-bond donors (Lipinski definition) is 1. The molecular formula is C24H25N3O5S. The first-order valence-corrected chi connectivity index (χ1v) is 11.3. The number of aromatic nitrogens is 1. The lowest BCUT2D eigenvalue weighted by Gasteiger charge is -2.34. The summed E-state index contributed by atoms with van der Waals surface area (Å²) in [5, 5.41) is 10.7. The molecule has 2 heterocycles. The Morgan fingerprint density at radius 2 is 1.58 bits per heavy atom. The fraction of sp³-hybridized carbons (Fsp3) is 0.292. The zero-order valence-corrected chi connectivity index (χ0v) is 19.5. The first-order chi connectivity index (χ1) is 15.9. The van der Waals surface area contributed by atoms with E-state index in [1.54, 1.807) is 42.2 Å². The third-order valence-electron chi connectivity index (χ3n) is 5.61. The van der Waals surface area contributed by atoms with Gasteiger partial charge in [-0.3, -0.25) is 9.59 Å². The average Bonchev–Trinajstić information content (AvgIpc) is 3.24. The van der Waals surface area contributed by atoms with Gasteiger partial charge in [0.1, 0.15) is 15.6 Å². The highest BCUT2D eigenvalue weighted by Gasteiger charge is 2.28. The maximum atomic E-state index is 13.2. The monoisotopic (exact) mass is 467 g/mol. The lowest BCUT2D eigenvalue weighted by molar-refractivity contribution is 0.0535. The molecule has 1 aliphatic rings. The Bertz CT molecular complexity index is 1180. The molecule has 0 saturated carbocycles. The van der Waals surface area contributed by atoms with Crippen molar-refractivity contribution in [2.24, 2.45) is 0 Å². The van der Waals surface area contributed by atoms with E-state index in [-0.39, 0.29) is 23.1 Å². The summed E-state index contributed by atoms with van der Waals surface area (Å²) in [5.41, 5.74) is 1.79. The number of amides is 2. The molecular weight excluding hydrogens is 442 g/mol. The van der Waals surface area contributed by atoms with Crippen molar-refractivity contribution in [3.8, 4) is 27.8 Å². The first-order valence-electron chi connectivity index (χ1n) is 10.5. The van der Waals surface area contributed by atoms with Crippen LogP contribution in [0.25, 0.3) is 10.6 Å². The molecule has 1 aromatic heterocycles. The SMILES string of the molecule is COc1ccc(-c2nc(C)c(C(=O)N3CCN(C(=O)c4ccccc4O)CC3)s2)cc1OC. The summed E-state index contributed by atoms with van der Waals surface area (Å²) >= 11 is 1.34. The van der Waals surface area contributed by atoms with Gasteiger partial charge in [0.05, 0.1) is 25.5 Å². The Hall–Kier alpha value is -3.59. The van der Waals surface area contributed by atoms with Crippen LogP contribution >= 0.6 is 11.3 Å². The summed E-state index contributed by atoms with van der Waals surface area (Å²) in [5.74, 6) is 0.864. The molecule has 1 saturated heterocycles. The molecule has 172 valence electrons. The second kappa shape index (κ2) is 9.50. The van der Waals surface area contributed by atoms with Crippen molar-refractivity contribution in [2.75, 3.05) is 40.4 Å². The first kappa shape index (κ1) is 22.6. The van der Waals surface area contributed by atoms with Gasteiger partial charge in [0.25, 0.3) is 11.8 Å². The number of thiazole rings is 1. The minimum atomic E-state index is -0.232. The van der Waals surface area contributed by atoms with E-state index < -0.39 is 0 Å². The molecule has 0 spiro atoms. The molecule has 33 heavy (non-hydrogen) atoms. The Kier molecular flexibility index (Phi) is 6.50. The second-order valence-electron chi connectivity index (χ2n) is 7.60. The van der Waals surface area contributed by atoms with Gasteiger partial charge in [0.15, 0.2) is 11.5 Å². The van der Waals surface area contributed by atoms with Gasteiger partial charge >= 0.3 is 0 Å². The largest absolute Gasteiger partial charge is 0.507 e. The number of hydrogen-bond acceptors (Lipinski definition) is 7. The number of piperazine rings is 1. The number of ether oxygens (including phenoxy) is 2. The molecule has 4 rings (SSSR count). The maximum Gasteiger partial charge on any atom is 0.265 e. The quantitative estimate of drug-likeness (QED) is 0.618. The molecule has 9 heteroatoms. The van der Waals surface area contributed by atoms with Gasteiger partial charge in [-0.2, -0.15) is 0 Å². The van der Waals surface area contributed by atoms with E-state index in [0.29, 0.717) is 48.2 Å². The van der Waals surface area contributed by atoms with Crippen LogP contribution in [-0.4, -0.2) is 72.1 Å². The van der Waals surface area contributed by atoms with Crippen LogP contribution in [0.5, 0.6) is 17.2 Å². The Balaban J connectivity index is 1.46. The van der Waals surface area contributed by atoms with Crippen molar-refractivity contribution < 1.29 is 24.2 Å². The number of methoxy groups -OCH3 is 2. The Labute approximate surface area is 196 Å². The second-order valence-corrected chi connectivity index (χ2v) is 8.60. The molecule has 0 bridgehead atoms. The number of benzene rings is 2. The van der Waals surface area contributed by atoms with Crippen LogP contribution in [0.1, 0.15) is 25.7 Å². The molecule has 1 aliphatic heterocycles. The highest BCUT2D eigenvalue weighted by atomic mass is 32.1. The lowest BCUT2D eigenvalue weighted by Crippen LogP contribution is -2.50. The van der Waals surface area contributed by atoms with Gasteiger partial charge in [-0.25, -0.2) is 4.98 Å². The highest BCUT2D eigenvalue weighted by molar-refractivity contribution is 7.17. The summed E-state index contributed by atoms with van der Waals surface area (Å²) < 4.78 is 10.7. The minimum absolute atomic E-state index is 0.0380. The number of phenolic OH excluding ortho intramolecular Hbond substituents is 1. The third-order valence-corrected chi connectivity index (χ3v) is 6.80. The number of carbonyl (C=O) groups excluding carboxylic acids is 2. The van der Waals surface area contributed by atoms with Gasteiger partial charge in [0.2, 0.25) is 0 Å². The summed E-state index contributed by atoms with van der Waals surface area (Å²) in [7, 11) is 3.16. The minimum Gasteiger partial charge on any atom is -0.507 e. The fourth-order valence-corrected chi connectivity index (χ4v) is 4.80. The molecule has 0 aliphatic carbocycles. The lowest BCUT2D eigenvalue weighted by atomic mass is 10.1. The van der Waals surface area contributed by atoms with Gasteiger partial charge in [-0.1, -0.05) is 12.1 Å². The van der Waals surface area contributed by atoms with Crippen LogP contribution < -0.4 is 9.47 Å². The van der Waals surface area contributed by atoms with Crippen LogP contribution in [0.2, 0.25) is 0 Å². The zero-order chi connectivity index (χ0) is 23.5. The number of rotatable bonds is 5. The normalized spacial score (nSPS) is 13.7. The molecule has 1 fully saturated rings. The van der Waals surface area contributed by atoms with Crippen molar-refractivity contribution in [3.05, 3.63) is 58.6 Å². The number of carbonyl (C=O) groups is 2. The van der Waals surface area contributed by atoms with E-state index in [9.17, 15) is 14.7 Å². The molecule has 1 N–H and O–H groups in total. The van der Waals surface area contributed by atoms with Gasteiger partial charge < -0.3 is 24.4 Å². The third kappa shape index (κ3) is 4.49. The van der Waals surface area contributed by atoms with Crippen molar-refractivity contribution in [1.29, 1.82) is 0 Å². The van der Waals surface area contributed by atoms with E-state index in [0.717, 1.165) is 10.6 Å². The van der Waals surface area contributed by atoms with Crippen molar-refractivity contribution in [2.45, 2.75) is 6.92 Å². The molecule has 2 amide bonds. The zero-order valence-electron chi connectivity index (χ0n) is 18.7. The van der Waals surface area contributed by atoms with Crippen molar-refractivity contribution in [3.63, 3.8) is 0 Å². The highest BCUT2D eigenvalue weighted by Crippen LogP contribution is 2.35. The molecule has 8 nitrogen and oxygen atoms in total. The summed E-state index contributed by atoms with van der Waals surface area (Å²) in [6, 6.07) is 12.0. The topological polar surface area (TPSA) is 92.2 Å². The fourth-order valence-electron chi connectivity index (χ4n) is 3.77. The van der Waals surface area contributed by atoms with E-state index in [1.807, 2.05) is 25.1 Å². The average molecular weight is 468 g/mol. The predicted octanol–water partition coefficient (Wildman–Crippen LogP) is 3.44. The van der Waals surface area contributed by atoms with Crippen molar-refractivity contribution in [1.82, 2.24) is 14.8 Å². The van der Waals surface area contributed by atoms with E-state index >= 15 is 0 Å². The number of para-hydroxylation sites is 1. The van der Waals surface area contributed by atoms with E-state index in [2.05, 4.69) is 4.98 Å². The van der Waals surface area contributed by atoms with E-state index in [4.69, 9.17) is 9.47 Å². The summed E-state index contributed by atoms with van der Waals surface area (Å²) in [6.45, 7) is 3.47. The Morgan fingerprint density at radius 3 is 2.21 bits per heavy atom. The smallest absolute Gasteiger partial charge is 0.265 e. The van der Waals surface area contributed by atoms with Crippen LogP contribution in [-0.2, 0) is 0 Å². The number of phenols is 1. The van der Waals surface area contributed by atoms with Gasteiger partial charge in [-0.05, 0) is 37.3 Å². The maximum absolute atomic E-state index is 13.2. The molecule has 2 aromatic carbocycles. The van der Waals surface area contributed by atoms with Gasteiger partial charge in [-0.15, -0.1) is 11.3 Å². The number of nitrogens with zero attached hydrogens (tertiary/aromatic N) is 3.